The number of hydrogen-bond acceptors (Lipinski definition) is 4. The van der Waals surface area contributed by atoms with E-state index in [-0.39, 0.29) is 5.56 Å². The number of nitrogens with zero attached hydrogens (tertiary/aromatic N) is 1. The molecule has 0 aliphatic rings. The van der Waals surface area contributed by atoms with Crippen molar-refractivity contribution in [2.24, 2.45) is 0 Å². The van der Waals surface area contributed by atoms with E-state index in [4.69, 9.17) is 4.74 Å². The molecule has 0 bridgehead atoms. The van der Waals surface area contributed by atoms with Gasteiger partial charge in [-0.3, -0.25) is 4.79 Å². The highest BCUT2D eigenvalue weighted by Gasteiger charge is 2.09. The first-order valence-corrected chi connectivity index (χ1v) is 6.04. The van der Waals surface area contributed by atoms with Gasteiger partial charge in [-0.25, -0.2) is 4.98 Å². The molecule has 100 valence electrons. The molecule has 0 saturated heterocycles. The quantitative estimate of drug-likeness (QED) is 0.872. The monoisotopic (exact) mass is 259 g/mol. The fourth-order valence-electron chi connectivity index (χ4n) is 1.90. The Morgan fingerprint density at radius 1 is 1.42 bits per heavy atom. The van der Waals surface area contributed by atoms with Gasteiger partial charge >= 0.3 is 0 Å². The molecule has 5 heteroatoms. The third kappa shape index (κ3) is 2.82. The molecule has 0 fully saturated rings. The molecule has 0 aliphatic carbocycles. The van der Waals surface area contributed by atoms with Crippen molar-refractivity contribution in [2.45, 2.75) is 13.5 Å². The van der Waals surface area contributed by atoms with Crippen LogP contribution in [0.4, 0.5) is 0 Å². The Balaban J connectivity index is 2.48. The van der Waals surface area contributed by atoms with Crippen molar-refractivity contribution in [3.63, 3.8) is 0 Å². The van der Waals surface area contributed by atoms with Crippen molar-refractivity contribution in [3.05, 3.63) is 45.9 Å². The SMILES string of the molecule is CNCc1c(C)nc(-c2cccc(OC)c2)[nH]c1=O. The predicted molar refractivity (Wildman–Crippen MR) is 74.3 cm³/mol. The number of hydrogen-bond donors (Lipinski definition) is 2. The zero-order valence-corrected chi connectivity index (χ0v) is 11.3. The first kappa shape index (κ1) is 13.3. The van der Waals surface area contributed by atoms with E-state index in [1.54, 1.807) is 14.2 Å². The van der Waals surface area contributed by atoms with Crippen LogP contribution in [0.25, 0.3) is 11.4 Å². The van der Waals surface area contributed by atoms with Gasteiger partial charge < -0.3 is 15.0 Å². The second-order valence-corrected chi connectivity index (χ2v) is 4.24. The first-order valence-electron chi connectivity index (χ1n) is 6.04. The van der Waals surface area contributed by atoms with Gasteiger partial charge in [-0.05, 0) is 26.1 Å². The van der Waals surface area contributed by atoms with Gasteiger partial charge in [0.1, 0.15) is 11.6 Å². The highest BCUT2D eigenvalue weighted by atomic mass is 16.5. The van der Waals surface area contributed by atoms with Crippen molar-refractivity contribution in [3.8, 4) is 17.1 Å². The van der Waals surface area contributed by atoms with E-state index in [1.807, 2.05) is 31.2 Å². The molecule has 0 atom stereocenters. The number of benzene rings is 1. The van der Waals surface area contributed by atoms with Crippen molar-refractivity contribution in [1.29, 1.82) is 0 Å². The number of aromatic nitrogens is 2. The first-order chi connectivity index (χ1) is 9.15. The summed E-state index contributed by atoms with van der Waals surface area (Å²) < 4.78 is 5.17. The second kappa shape index (κ2) is 5.67. The van der Waals surface area contributed by atoms with Gasteiger partial charge in [-0.1, -0.05) is 12.1 Å². The maximum absolute atomic E-state index is 12.0. The lowest BCUT2D eigenvalue weighted by molar-refractivity contribution is 0.415. The summed E-state index contributed by atoms with van der Waals surface area (Å²) in [5.74, 6) is 1.29. The molecule has 1 heterocycles. The van der Waals surface area contributed by atoms with E-state index in [2.05, 4.69) is 15.3 Å². The molecular formula is C14H17N3O2. The number of aryl methyl sites for hydroxylation is 1. The molecule has 0 unspecified atom stereocenters. The standard InChI is InChI=1S/C14H17N3O2/c1-9-12(8-15-2)14(18)17-13(16-9)10-5-4-6-11(7-10)19-3/h4-7,15H,8H2,1-3H3,(H,16,17,18). The van der Waals surface area contributed by atoms with E-state index in [0.29, 0.717) is 17.9 Å². The molecule has 5 nitrogen and oxygen atoms in total. The molecule has 0 saturated carbocycles. The maximum atomic E-state index is 12.0. The van der Waals surface area contributed by atoms with Crippen LogP contribution in [0.1, 0.15) is 11.3 Å². The molecule has 0 spiro atoms. The summed E-state index contributed by atoms with van der Waals surface area (Å²) in [5, 5.41) is 2.96. The lowest BCUT2D eigenvalue weighted by Crippen LogP contribution is -2.22. The van der Waals surface area contributed by atoms with Gasteiger partial charge in [0.15, 0.2) is 0 Å². The Hall–Kier alpha value is -2.14. The predicted octanol–water partition coefficient (Wildman–Crippen LogP) is 1.47. The molecule has 2 aromatic rings. The third-order valence-corrected chi connectivity index (χ3v) is 2.92. The van der Waals surface area contributed by atoms with E-state index in [9.17, 15) is 4.79 Å². The summed E-state index contributed by atoms with van der Waals surface area (Å²) in [5.41, 5.74) is 2.11. The van der Waals surface area contributed by atoms with Gasteiger partial charge in [0.05, 0.1) is 12.7 Å². The Bertz CT molecular complexity index is 635. The van der Waals surface area contributed by atoms with Gasteiger partial charge in [0, 0.05) is 17.8 Å². The topological polar surface area (TPSA) is 67.0 Å². The van der Waals surface area contributed by atoms with E-state index in [1.165, 1.54) is 0 Å². The van der Waals surface area contributed by atoms with Crippen LogP contribution >= 0.6 is 0 Å². The summed E-state index contributed by atoms with van der Waals surface area (Å²) in [4.78, 5) is 19.3. The minimum atomic E-state index is -0.111. The zero-order valence-electron chi connectivity index (χ0n) is 11.3. The summed E-state index contributed by atoms with van der Waals surface area (Å²) >= 11 is 0. The van der Waals surface area contributed by atoms with Crippen LogP contribution < -0.4 is 15.6 Å². The molecule has 2 rings (SSSR count). The van der Waals surface area contributed by atoms with Gasteiger partial charge in [-0.2, -0.15) is 0 Å². The van der Waals surface area contributed by atoms with Crippen molar-refractivity contribution in [1.82, 2.24) is 15.3 Å². The number of aromatic amines is 1. The number of rotatable bonds is 4. The molecular weight excluding hydrogens is 242 g/mol. The number of methoxy groups -OCH3 is 1. The lowest BCUT2D eigenvalue weighted by Gasteiger charge is -2.08. The largest absolute Gasteiger partial charge is 0.497 e. The highest BCUT2D eigenvalue weighted by Crippen LogP contribution is 2.20. The van der Waals surface area contributed by atoms with Crippen LogP contribution in [0.3, 0.4) is 0 Å². The number of H-pyrrole nitrogens is 1. The second-order valence-electron chi connectivity index (χ2n) is 4.24. The van der Waals surface area contributed by atoms with Crippen LogP contribution in [-0.4, -0.2) is 24.1 Å². The van der Waals surface area contributed by atoms with E-state index in [0.717, 1.165) is 17.0 Å². The molecule has 19 heavy (non-hydrogen) atoms. The Morgan fingerprint density at radius 2 is 2.21 bits per heavy atom. The van der Waals surface area contributed by atoms with E-state index < -0.39 is 0 Å². The molecule has 0 aliphatic heterocycles. The Morgan fingerprint density at radius 3 is 2.84 bits per heavy atom. The van der Waals surface area contributed by atoms with Gasteiger partial charge in [0.2, 0.25) is 0 Å². The van der Waals surface area contributed by atoms with Crippen LogP contribution in [0, 0.1) is 6.92 Å². The van der Waals surface area contributed by atoms with Crippen LogP contribution in [0.15, 0.2) is 29.1 Å². The van der Waals surface area contributed by atoms with Crippen molar-refractivity contribution < 1.29 is 4.74 Å². The average molecular weight is 259 g/mol. The van der Waals surface area contributed by atoms with Crippen molar-refractivity contribution >= 4 is 0 Å². The zero-order chi connectivity index (χ0) is 13.8. The van der Waals surface area contributed by atoms with E-state index >= 15 is 0 Å². The molecule has 1 aromatic carbocycles. The minimum Gasteiger partial charge on any atom is -0.497 e. The number of nitrogens with one attached hydrogen (secondary N) is 2. The molecule has 0 amide bonds. The maximum Gasteiger partial charge on any atom is 0.255 e. The molecule has 2 N–H and O–H groups in total. The summed E-state index contributed by atoms with van der Waals surface area (Å²) in [6.07, 6.45) is 0. The van der Waals surface area contributed by atoms with Crippen LogP contribution in [-0.2, 0) is 6.54 Å². The minimum absolute atomic E-state index is 0.111. The smallest absolute Gasteiger partial charge is 0.255 e. The molecule has 0 radical (unpaired) electrons. The normalized spacial score (nSPS) is 10.5. The third-order valence-electron chi connectivity index (χ3n) is 2.92. The fraction of sp³-hybridized carbons (Fsp3) is 0.286. The lowest BCUT2D eigenvalue weighted by atomic mass is 10.1. The summed E-state index contributed by atoms with van der Waals surface area (Å²) in [7, 11) is 3.41. The Kier molecular flexibility index (Phi) is 3.97. The Labute approximate surface area is 111 Å². The number of ether oxygens (including phenoxy) is 1. The van der Waals surface area contributed by atoms with Crippen LogP contribution in [0.2, 0.25) is 0 Å². The van der Waals surface area contributed by atoms with Gasteiger partial charge in [-0.15, -0.1) is 0 Å². The van der Waals surface area contributed by atoms with Gasteiger partial charge in [0.25, 0.3) is 5.56 Å². The highest BCUT2D eigenvalue weighted by molar-refractivity contribution is 5.57. The fourth-order valence-corrected chi connectivity index (χ4v) is 1.90. The summed E-state index contributed by atoms with van der Waals surface area (Å²) in [6.45, 7) is 2.35. The van der Waals surface area contributed by atoms with Crippen LogP contribution in [0.5, 0.6) is 5.75 Å². The molecule has 1 aromatic heterocycles. The van der Waals surface area contributed by atoms with Crippen molar-refractivity contribution in [2.75, 3.05) is 14.2 Å². The summed E-state index contributed by atoms with van der Waals surface area (Å²) in [6, 6.07) is 7.45. The average Bonchev–Trinajstić information content (AvgIpc) is 2.42.